The Bertz CT molecular complexity index is 274. The van der Waals surface area contributed by atoms with Crippen molar-refractivity contribution in [2.24, 2.45) is 11.3 Å². The van der Waals surface area contributed by atoms with E-state index in [0.717, 1.165) is 19.1 Å². The van der Waals surface area contributed by atoms with Crippen LogP contribution in [0, 0.1) is 11.3 Å². The third-order valence-corrected chi connectivity index (χ3v) is 4.90. The van der Waals surface area contributed by atoms with Gasteiger partial charge in [-0.2, -0.15) is 0 Å². The van der Waals surface area contributed by atoms with Crippen molar-refractivity contribution in [1.82, 2.24) is 5.32 Å². The highest BCUT2D eigenvalue weighted by atomic mass is 16.5. The number of ether oxygens (including phenoxy) is 1. The van der Waals surface area contributed by atoms with Crippen LogP contribution < -0.4 is 5.32 Å². The van der Waals surface area contributed by atoms with E-state index in [-0.39, 0.29) is 5.60 Å². The van der Waals surface area contributed by atoms with Gasteiger partial charge in [-0.1, -0.05) is 27.7 Å². The highest BCUT2D eigenvalue weighted by molar-refractivity contribution is 4.99. The molecule has 1 N–H and O–H groups in total. The van der Waals surface area contributed by atoms with E-state index >= 15 is 0 Å². The summed E-state index contributed by atoms with van der Waals surface area (Å²) in [5.74, 6) is 0.748. The molecule has 0 amide bonds. The normalized spacial score (nSPS) is 36.8. The van der Waals surface area contributed by atoms with Gasteiger partial charge in [0, 0.05) is 12.6 Å². The molecule has 18 heavy (non-hydrogen) atoms. The van der Waals surface area contributed by atoms with Gasteiger partial charge in [0.2, 0.25) is 0 Å². The molecule has 0 bridgehead atoms. The summed E-state index contributed by atoms with van der Waals surface area (Å²) in [6, 6.07) is 0.570. The largest absolute Gasteiger partial charge is 0.372 e. The Kier molecular flexibility index (Phi) is 4.38. The lowest BCUT2D eigenvalue weighted by Crippen LogP contribution is -2.58. The summed E-state index contributed by atoms with van der Waals surface area (Å²) in [5, 5.41) is 3.74. The van der Waals surface area contributed by atoms with Gasteiger partial charge in [0.1, 0.15) is 0 Å². The average molecular weight is 253 g/mol. The van der Waals surface area contributed by atoms with E-state index in [2.05, 4.69) is 33.0 Å². The minimum Gasteiger partial charge on any atom is -0.372 e. The zero-order chi connectivity index (χ0) is 13.2. The molecule has 2 rings (SSSR count). The van der Waals surface area contributed by atoms with Crippen molar-refractivity contribution in [1.29, 1.82) is 0 Å². The molecule has 2 aliphatic rings. The molecule has 2 nitrogen and oxygen atoms in total. The minimum absolute atomic E-state index is 0.135. The average Bonchev–Trinajstić information content (AvgIpc) is 2.42. The van der Waals surface area contributed by atoms with E-state index in [9.17, 15) is 0 Å². The van der Waals surface area contributed by atoms with Crippen LogP contribution in [-0.4, -0.2) is 24.8 Å². The predicted octanol–water partition coefficient (Wildman–Crippen LogP) is 3.75. The van der Waals surface area contributed by atoms with Crippen LogP contribution in [0.3, 0.4) is 0 Å². The summed E-state index contributed by atoms with van der Waals surface area (Å²) >= 11 is 0. The van der Waals surface area contributed by atoms with Gasteiger partial charge in [-0.05, 0) is 49.9 Å². The lowest BCUT2D eigenvalue weighted by molar-refractivity contribution is -0.111. The first-order valence-corrected chi connectivity index (χ1v) is 7.81. The molecule has 1 saturated carbocycles. The van der Waals surface area contributed by atoms with Crippen LogP contribution in [0.1, 0.15) is 66.2 Å². The van der Waals surface area contributed by atoms with Gasteiger partial charge in [-0.15, -0.1) is 0 Å². The van der Waals surface area contributed by atoms with Gasteiger partial charge >= 0.3 is 0 Å². The topological polar surface area (TPSA) is 21.3 Å². The molecule has 2 fully saturated rings. The Morgan fingerprint density at radius 2 is 1.94 bits per heavy atom. The van der Waals surface area contributed by atoms with Gasteiger partial charge in [-0.3, -0.25) is 0 Å². The van der Waals surface area contributed by atoms with Crippen molar-refractivity contribution >= 4 is 0 Å². The maximum absolute atomic E-state index is 6.33. The summed E-state index contributed by atoms with van der Waals surface area (Å²) in [5.41, 5.74) is 0.642. The summed E-state index contributed by atoms with van der Waals surface area (Å²) in [7, 11) is 0. The Morgan fingerprint density at radius 1 is 1.17 bits per heavy atom. The van der Waals surface area contributed by atoms with Crippen LogP contribution in [0.25, 0.3) is 0 Å². The molecule has 1 aliphatic carbocycles. The highest BCUT2D eigenvalue weighted by Crippen LogP contribution is 2.43. The molecular formula is C16H31NO. The SMILES string of the molecule is CC(C)CC1NCCOC12CCCC(C)(C)CC2. The van der Waals surface area contributed by atoms with Gasteiger partial charge in [0.15, 0.2) is 0 Å². The maximum Gasteiger partial charge on any atom is 0.0835 e. The fraction of sp³-hybridized carbons (Fsp3) is 1.00. The first-order chi connectivity index (χ1) is 8.44. The highest BCUT2D eigenvalue weighted by Gasteiger charge is 2.44. The van der Waals surface area contributed by atoms with Crippen LogP contribution in [0.15, 0.2) is 0 Å². The van der Waals surface area contributed by atoms with E-state index < -0.39 is 0 Å². The van der Waals surface area contributed by atoms with Gasteiger partial charge in [0.05, 0.1) is 12.2 Å². The molecule has 0 radical (unpaired) electrons. The third kappa shape index (κ3) is 3.27. The van der Waals surface area contributed by atoms with E-state index in [4.69, 9.17) is 4.74 Å². The second kappa shape index (κ2) is 5.50. The number of morpholine rings is 1. The quantitative estimate of drug-likeness (QED) is 0.809. The second-order valence-electron chi connectivity index (χ2n) is 7.57. The van der Waals surface area contributed by atoms with E-state index in [1.807, 2.05) is 0 Å². The van der Waals surface area contributed by atoms with E-state index in [0.29, 0.717) is 11.5 Å². The van der Waals surface area contributed by atoms with Crippen molar-refractivity contribution in [3.05, 3.63) is 0 Å². The summed E-state index contributed by atoms with van der Waals surface area (Å²) < 4.78 is 6.33. The van der Waals surface area contributed by atoms with Gasteiger partial charge in [-0.25, -0.2) is 0 Å². The Morgan fingerprint density at radius 3 is 2.67 bits per heavy atom. The van der Waals surface area contributed by atoms with E-state index in [1.54, 1.807) is 0 Å². The predicted molar refractivity (Wildman–Crippen MR) is 76.8 cm³/mol. The lowest BCUT2D eigenvalue weighted by Gasteiger charge is -2.45. The van der Waals surface area contributed by atoms with Gasteiger partial charge < -0.3 is 10.1 Å². The summed E-state index contributed by atoms with van der Waals surface area (Å²) in [6.45, 7) is 11.4. The van der Waals surface area contributed by atoms with Crippen molar-refractivity contribution in [3.8, 4) is 0 Å². The zero-order valence-electron chi connectivity index (χ0n) is 12.7. The molecule has 1 heterocycles. The Balaban J connectivity index is 2.10. The fourth-order valence-electron chi connectivity index (χ4n) is 3.70. The zero-order valence-corrected chi connectivity index (χ0v) is 12.7. The molecule has 1 aliphatic heterocycles. The minimum atomic E-state index is 0.135. The molecular weight excluding hydrogens is 222 g/mol. The van der Waals surface area contributed by atoms with Crippen molar-refractivity contribution in [2.75, 3.05) is 13.2 Å². The van der Waals surface area contributed by atoms with Crippen molar-refractivity contribution in [2.45, 2.75) is 77.9 Å². The number of rotatable bonds is 2. The van der Waals surface area contributed by atoms with Crippen LogP contribution in [0.4, 0.5) is 0 Å². The van der Waals surface area contributed by atoms with Crippen LogP contribution in [-0.2, 0) is 4.74 Å². The molecule has 0 aromatic carbocycles. The smallest absolute Gasteiger partial charge is 0.0835 e. The van der Waals surface area contributed by atoms with Crippen molar-refractivity contribution < 1.29 is 4.74 Å². The van der Waals surface area contributed by atoms with Crippen LogP contribution in [0.2, 0.25) is 0 Å². The van der Waals surface area contributed by atoms with Gasteiger partial charge in [0.25, 0.3) is 0 Å². The monoisotopic (exact) mass is 253 g/mol. The third-order valence-electron chi connectivity index (χ3n) is 4.90. The standard InChI is InChI=1S/C16H31NO/c1-13(2)12-14-16(18-11-10-17-14)7-5-6-15(3,4)8-9-16/h13-14,17H,5-12H2,1-4H3. The first-order valence-electron chi connectivity index (χ1n) is 7.81. The summed E-state index contributed by atoms with van der Waals surface area (Å²) in [6.07, 6.45) is 7.73. The first kappa shape index (κ1) is 14.3. The number of hydrogen-bond donors (Lipinski definition) is 1. The van der Waals surface area contributed by atoms with E-state index in [1.165, 1.54) is 38.5 Å². The fourth-order valence-corrected chi connectivity index (χ4v) is 3.70. The van der Waals surface area contributed by atoms with Crippen molar-refractivity contribution in [3.63, 3.8) is 0 Å². The number of hydrogen-bond acceptors (Lipinski definition) is 2. The van der Waals surface area contributed by atoms with Crippen LogP contribution >= 0.6 is 0 Å². The molecule has 2 heteroatoms. The van der Waals surface area contributed by atoms with Crippen LogP contribution in [0.5, 0.6) is 0 Å². The Hall–Kier alpha value is -0.0800. The maximum atomic E-state index is 6.33. The second-order valence-corrected chi connectivity index (χ2v) is 7.57. The molecule has 106 valence electrons. The molecule has 1 saturated heterocycles. The Labute approximate surface area is 113 Å². The summed E-state index contributed by atoms with van der Waals surface area (Å²) in [4.78, 5) is 0. The molecule has 1 spiro atoms. The molecule has 0 aromatic heterocycles. The number of nitrogens with one attached hydrogen (secondary N) is 1. The molecule has 2 unspecified atom stereocenters. The molecule has 0 aromatic rings. The molecule has 2 atom stereocenters. The lowest BCUT2D eigenvalue weighted by atomic mass is 9.79.